The number of hydrogen-bond donors (Lipinski definition) is 3. The van der Waals surface area contributed by atoms with Crippen molar-refractivity contribution in [2.24, 2.45) is 5.73 Å². The van der Waals surface area contributed by atoms with Gasteiger partial charge in [-0.2, -0.15) is 0 Å². The molecule has 0 unspecified atom stereocenters. The van der Waals surface area contributed by atoms with Crippen LogP contribution in [0.1, 0.15) is 17.7 Å². The Kier molecular flexibility index (Phi) is 7.16. The summed E-state index contributed by atoms with van der Waals surface area (Å²) >= 11 is 0. The molecule has 4 N–H and O–H groups in total. The lowest BCUT2D eigenvalue weighted by atomic mass is 10.2. The van der Waals surface area contributed by atoms with E-state index in [1.807, 2.05) is 29.3 Å². The van der Waals surface area contributed by atoms with Crippen molar-refractivity contribution in [1.29, 1.82) is 5.41 Å². The van der Waals surface area contributed by atoms with Crippen molar-refractivity contribution in [3.63, 3.8) is 0 Å². The van der Waals surface area contributed by atoms with E-state index in [1.54, 1.807) is 24.7 Å². The van der Waals surface area contributed by atoms with Gasteiger partial charge in [0, 0.05) is 44.3 Å². The van der Waals surface area contributed by atoms with E-state index in [0.29, 0.717) is 26.2 Å². The molecule has 0 saturated heterocycles. The second-order valence-electron chi connectivity index (χ2n) is 6.79. The van der Waals surface area contributed by atoms with Crippen molar-refractivity contribution < 1.29 is 4.39 Å². The summed E-state index contributed by atoms with van der Waals surface area (Å²) in [5.41, 5.74) is 7.86. The minimum absolute atomic E-state index is 0.0531. The number of aromatic amines is 1. The van der Waals surface area contributed by atoms with Crippen molar-refractivity contribution >= 4 is 11.8 Å². The first-order valence-corrected chi connectivity index (χ1v) is 9.58. The first-order chi connectivity index (χ1) is 14.1. The molecule has 0 atom stereocenters. The number of H-pyrrole nitrogens is 1. The summed E-state index contributed by atoms with van der Waals surface area (Å²) in [4.78, 5) is 15.5. The number of imidazole rings is 1. The standard InChI is InChI=1S/C21H26FN7/c22-18-8-6-17(7-9-18)15-29(20-5-1-2-10-26-20)13-12-28(21(23)24)11-3-4-19-14-25-16-27-19/h1-2,5-10,14,16H,3-4,11-13,15H2,(H3,23,24)(H,25,27). The van der Waals surface area contributed by atoms with Crippen molar-refractivity contribution in [1.82, 2.24) is 19.9 Å². The molecule has 3 aromatic rings. The quantitative estimate of drug-likeness (QED) is 0.362. The molecule has 1 aromatic carbocycles. The van der Waals surface area contributed by atoms with Crippen molar-refractivity contribution in [3.05, 3.63) is 78.3 Å². The van der Waals surface area contributed by atoms with Gasteiger partial charge in [-0.15, -0.1) is 0 Å². The molecule has 0 bridgehead atoms. The fourth-order valence-corrected chi connectivity index (χ4v) is 3.10. The van der Waals surface area contributed by atoms with Crippen LogP contribution in [-0.4, -0.2) is 45.4 Å². The van der Waals surface area contributed by atoms with Gasteiger partial charge in [0.1, 0.15) is 11.6 Å². The van der Waals surface area contributed by atoms with E-state index >= 15 is 0 Å². The lowest BCUT2D eigenvalue weighted by Gasteiger charge is -2.29. The molecule has 0 radical (unpaired) electrons. The van der Waals surface area contributed by atoms with Crippen LogP contribution < -0.4 is 10.6 Å². The summed E-state index contributed by atoms with van der Waals surface area (Å²) in [6.45, 7) is 2.51. The lowest BCUT2D eigenvalue weighted by molar-refractivity contribution is 0.405. The molecule has 0 saturated carbocycles. The fourth-order valence-electron chi connectivity index (χ4n) is 3.10. The Morgan fingerprint density at radius 1 is 1.10 bits per heavy atom. The average molecular weight is 395 g/mol. The molecule has 0 amide bonds. The highest BCUT2D eigenvalue weighted by Crippen LogP contribution is 2.15. The van der Waals surface area contributed by atoms with Gasteiger partial charge >= 0.3 is 0 Å². The number of halogens is 1. The highest BCUT2D eigenvalue weighted by Gasteiger charge is 2.13. The van der Waals surface area contributed by atoms with E-state index in [4.69, 9.17) is 11.1 Å². The number of anilines is 1. The lowest BCUT2D eigenvalue weighted by Crippen LogP contribution is -2.42. The summed E-state index contributed by atoms with van der Waals surface area (Å²) in [7, 11) is 0. The maximum absolute atomic E-state index is 13.2. The van der Waals surface area contributed by atoms with Crippen molar-refractivity contribution in [3.8, 4) is 0 Å². The summed E-state index contributed by atoms with van der Waals surface area (Å²) in [5, 5.41) is 7.91. The van der Waals surface area contributed by atoms with Crippen LogP contribution >= 0.6 is 0 Å². The number of nitrogens with one attached hydrogen (secondary N) is 2. The second-order valence-corrected chi connectivity index (χ2v) is 6.79. The Balaban J connectivity index is 1.62. The van der Waals surface area contributed by atoms with Crippen LogP contribution in [0.3, 0.4) is 0 Å². The summed E-state index contributed by atoms with van der Waals surface area (Å²) in [5.74, 6) is 0.633. The summed E-state index contributed by atoms with van der Waals surface area (Å²) in [6, 6.07) is 12.2. The Morgan fingerprint density at radius 3 is 2.59 bits per heavy atom. The number of aromatic nitrogens is 3. The van der Waals surface area contributed by atoms with E-state index in [9.17, 15) is 4.39 Å². The topological polar surface area (TPSA) is 97.9 Å². The molecule has 0 aliphatic rings. The van der Waals surface area contributed by atoms with Crippen LogP contribution in [0.5, 0.6) is 0 Å². The number of rotatable bonds is 10. The summed E-state index contributed by atoms with van der Waals surface area (Å²) in [6.07, 6.45) is 6.94. The monoisotopic (exact) mass is 395 g/mol. The third-order valence-electron chi connectivity index (χ3n) is 4.67. The number of nitrogens with zero attached hydrogens (tertiary/aromatic N) is 4. The van der Waals surface area contributed by atoms with E-state index in [1.165, 1.54) is 12.1 Å². The Hall–Kier alpha value is -3.42. The largest absolute Gasteiger partial charge is 0.370 e. The number of guanidine groups is 1. The second kappa shape index (κ2) is 10.2. The zero-order valence-electron chi connectivity index (χ0n) is 16.3. The first-order valence-electron chi connectivity index (χ1n) is 9.58. The van der Waals surface area contributed by atoms with E-state index in [0.717, 1.165) is 29.9 Å². The molecule has 29 heavy (non-hydrogen) atoms. The molecule has 0 spiro atoms. The third-order valence-corrected chi connectivity index (χ3v) is 4.67. The zero-order valence-corrected chi connectivity index (χ0v) is 16.3. The minimum atomic E-state index is -0.252. The maximum Gasteiger partial charge on any atom is 0.188 e. The third kappa shape index (κ3) is 6.31. The van der Waals surface area contributed by atoms with Crippen LogP contribution in [-0.2, 0) is 13.0 Å². The molecule has 2 aromatic heterocycles. The maximum atomic E-state index is 13.2. The van der Waals surface area contributed by atoms with Crippen molar-refractivity contribution in [2.75, 3.05) is 24.5 Å². The van der Waals surface area contributed by atoms with Crippen LogP contribution in [0.2, 0.25) is 0 Å². The van der Waals surface area contributed by atoms with E-state index in [-0.39, 0.29) is 11.8 Å². The SMILES string of the molecule is N=C(N)N(CCCc1cnc[nH]1)CCN(Cc1ccc(F)cc1)c1ccccn1. The Morgan fingerprint density at radius 2 is 1.93 bits per heavy atom. The molecule has 3 rings (SSSR count). The first kappa shape index (κ1) is 20.3. The number of hydrogen-bond acceptors (Lipinski definition) is 4. The van der Waals surface area contributed by atoms with Gasteiger partial charge < -0.3 is 20.5 Å². The number of nitrogens with two attached hydrogens (primary N) is 1. The van der Waals surface area contributed by atoms with Gasteiger partial charge in [0.05, 0.1) is 6.33 Å². The molecular formula is C21H26FN7. The van der Waals surface area contributed by atoms with Gasteiger partial charge in [-0.25, -0.2) is 14.4 Å². The normalized spacial score (nSPS) is 10.7. The van der Waals surface area contributed by atoms with Gasteiger partial charge in [0.15, 0.2) is 5.96 Å². The molecule has 0 aliphatic heterocycles. The van der Waals surface area contributed by atoms with Gasteiger partial charge in [0.25, 0.3) is 0 Å². The Bertz CT molecular complexity index is 866. The number of aryl methyl sites for hydroxylation is 1. The van der Waals surface area contributed by atoms with Crippen LogP contribution in [0.25, 0.3) is 0 Å². The molecule has 2 heterocycles. The molecule has 0 aliphatic carbocycles. The Labute approximate surface area is 169 Å². The predicted octanol–water partition coefficient (Wildman–Crippen LogP) is 2.78. The van der Waals surface area contributed by atoms with Crippen LogP contribution in [0.15, 0.2) is 61.2 Å². The van der Waals surface area contributed by atoms with Crippen molar-refractivity contribution in [2.45, 2.75) is 19.4 Å². The molecular weight excluding hydrogens is 369 g/mol. The van der Waals surface area contributed by atoms with Gasteiger partial charge in [0.2, 0.25) is 0 Å². The minimum Gasteiger partial charge on any atom is -0.370 e. The molecule has 152 valence electrons. The smallest absolute Gasteiger partial charge is 0.188 e. The fraction of sp³-hybridized carbons (Fsp3) is 0.286. The van der Waals surface area contributed by atoms with E-state index < -0.39 is 0 Å². The van der Waals surface area contributed by atoms with Crippen LogP contribution in [0, 0.1) is 11.2 Å². The highest BCUT2D eigenvalue weighted by molar-refractivity contribution is 5.74. The number of benzene rings is 1. The van der Waals surface area contributed by atoms with Gasteiger partial charge in [-0.1, -0.05) is 18.2 Å². The number of pyridine rings is 1. The highest BCUT2D eigenvalue weighted by atomic mass is 19.1. The van der Waals surface area contributed by atoms with E-state index in [2.05, 4.69) is 19.9 Å². The molecule has 8 heteroatoms. The summed E-state index contributed by atoms with van der Waals surface area (Å²) < 4.78 is 13.2. The zero-order chi connectivity index (χ0) is 20.5. The predicted molar refractivity (Wildman–Crippen MR) is 112 cm³/mol. The van der Waals surface area contributed by atoms with Gasteiger partial charge in [-0.3, -0.25) is 5.41 Å². The molecule has 0 fully saturated rings. The average Bonchev–Trinajstić information content (AvgIpc) is 3.25. The van der Waals surface area contributed by atoms with Gasteiger partial charge in [-0.05, 0) is 42.7 Å². The van der Waals surface area contributed by atoms with Crippen LogP contribution in [0.4, 0.5) is 10.2 Å². The molecule has 7 nitrogen and oxygen atoms in total.